The fourth-order valence-corrected chi connectivity index (χ4v) is 2.70. The number of carbonyl (C=O) groups is 1. The van der Waals surface area contributed by atoms with Gasteiger partial charge in [-0.25, -0.2) is 0 Å². The Bertz CT molecular complexity index is 414. The Morgan fingerprint density at radius 3 is 2.78 bits per heavy atom. The van der Waals surface area contributed by atoms with Gasteiger partial charge in [0.2, 0.25) is 0 Å². The Balaban J connectivity index is 2.06. The highest BCUT2D eigenvalue weighted by Gasteiger charge is 2.24. The maximum absolute atomic E-state index is 11.0. The van der Waals surface area contributed by atoms with Gasteiger partial charge in [-0.05, 0) is 30.9 Å². The Morgan fingerprint density at radius 2 is 2.17 bits per heavy atom. The van der Waals surface area contributed by atoms with E-state index in [-0.39, 0.29) is 6.54 Å². The van der Waals surface area contributed by atoms with Crippen molar-refractivity contribution >= 4 is 5.97 Å². The molecule has 98 valence electrons. The Labute approximate surface area is 108 Å². The number of aryl methyl sites for hydroxylation is 1. The number of nitrogens with zero attached hydrogens (tertiary/aromatic N) is 2. The molecule has 1 saturated carbocycles. The van der Waals surface area contributed by atoms with Crippen LogP contribution in [0.5, 0.6) is 0 Å². The van der Waals surface area contributed by atoms with E-state index in [1.165, 1.54) is 12.8 Å². The van der Waals surface area contributed by atoms with Crippen molar-refractivity contribution < 1.29 is 9.90 Å². The molecule has 0 aliphatic heterocycles. The fraction of sp³-hybridized carbons (Fsp3) is 0.571. The van der Waals surface area contributed by atoms with Crippen molar-refractivity contribution in [3.63, 3.8) is 0 Å². The zero-order chi connectivity index (χ0) is 13.0. The Hall–Kier alpha value is -1.42. The first-order chi connectivity index (χ1) is 8.65. The smallest absolute Gasteiger partial charge is 0.317 e. The molecule has 0 unspecified atom stereocenters. The normalized spacial score (nSPS) is 16.3. The van der Waals surface area contributed by atoms with Crippen LogP contribution in [0.1, 0.15) is 36.8 Å². The van der Waals surface area contributed by atoms with E-state index in [0.29, 0.717) is 12.6 Å². The molecular formula is C14H20N2O2. The molecule has 4 heteroatoms. The molecule has 1 aromatic rings. The average Bonchev–Trinajstić information content (AvgIpc) is 2.80. The monoisotopic (exact) mass is 248 g/mol. The number of rotatable bonds is 5. The molecule has 1 aliphatic carbocycles. The van der Waals surface area contributed by atoms with Crippen molar-refractivity contribution in [3.8, 4) is 0 Å². The van der Waals surface area contributed by atoms with Crippen LogP contribution in [-0.2, 0) is 11.3 Å². The molecule has 1 N–H and O–H groups in total. The SMILES string of the molecule is Cc1cncc(CN(CC(=O)O)C2CCCC2)c1. The summed E-state index contributed by atoms with van der Waals surface area (Å²) in [7, 11) is 0. The molecule has 2 rings (SSSR count). The number of carboxylic acids is 1. The maximum Gasteiger partial charge on any atom is 0.317 e. The van der Waals surface area contributed by atoms with Gasteiger partial charge in [0, 0.05) is 25.0 Å². The van der Waals surface area contributed by atoms with Gasteiger partial charge in [0.05, 0.1) is 6.54 Å². The van der Waals surface area contributed by atoms with Crippen LogP contribution in [0.3, 0.4) is 0 Å². The molecule has 1 aliphatic rings. The van der Waals surface area contributed by atoms with E-state index in [0.717, 1.165) is 24.0 Å². The second kappa shape index (κ2) is 5.96. The van der Waals surface area contributed by atoms with Gasteiger partial charge in [-0.3, -0.25) is 14.7 Å². The van der Waals surface area contributed by atoms with Gasteiger partial charge in [-0.2, -0.15) is 0 Å². The maximum atomic E-state index is 11.0. The summed E-state index contributed by atoms with van der Waals surface area (Å²) in [6.45, 7) is 2.82. The van der Waals surface area contributed by atoms with E-state index >= 15 is 0 Å². The van der Waals surface area contributed by atoms with Gasteiger partial charge in [-0.1, -0.05) is 18.9 Å². The van der Waals surface area contributed by atoms with Crippen molar-refractivity contribution in [3.05, 3.63) is 29.6 Å². The minimum absolute atomic E-state index is 0.124. The van der Waals surface area contributed by atoms with Crippen LogP contribution >= 0.6 is 0 Å². The van der Waals surface area contributed by atoms with Crippen LogP contribution in [0, 0.1) is 6.92 Å². The molecule has 0 amide bonds. The summed E-state index contributed by atoms with van der Waals surface area (Å²) >= 11 is 0. The first kappa shape index (κ1) is 13.0. The van der Waals surface area contributed by atoms with Crippen LogP contribution in [0.2, 0.25) is 0 Å². The lowest BCUT2D eigenvalue weighted by atomic mass is 10.1. The Morgan fingerprint density at radius 1 is 1.44 bits per heavy atom. The fourth-order valence-electron chi connectivity index (χ4n) is 2.70. The molecule has 0 spiro atoms. The summed E-state index contributed by atoms with van der Waals surface area (Å²) in [5.41, 5.74) is 2.22. The van der Waals surface area contributed by atoms with Gasteiger partial charge in [-0.15, -0.1) is 0 Å². The van der Waals surface area contributed by atoms with Crippen molar-refractivity contribution in [1.29, 1.82) is 0 Å². The summed E-state index contributed by atoms with van der Waals surface area (Å²) in [6.07, 6.45) is 8.32. The summed E-state index contributed by atoms with van der Waals surface area (Å²) in [6, 6.07) is 2.50. The summed E-state index contributed by atoms with van der Waals surface area (Å²) in [5, 5.41) is 9.02. The first-order valence-electron chi connectivity index (χ1n) is 6.51. The van der Waals surface area contributed by atoms with Crippen LogP contribution < -0.4 is 0 Å². The zero-order valence-corrected chi connectivity index (χ0v) is 10.8. The number of hydrogen-bond donors (Lipinski definition) is 1. The number of hydrogen-bond acceptors (Lipinski definition) is 3. The zero-order valence-electron chi connectivity index (χ0n) is 10.8. The second-order valence-electron chi connectivity index (χ2n) is 5.11. The van der Waals surface area contributed by atoms with Crippen LogP contribution in [-0.4, -0.2) is 33.5 Å². The second-order valence-corrected chi connectivity index (χ2v) is 5.11. The van der Waals surface area contributed by atoms with Crippen molar-refractivity contribution in [2.45, 2.75) is 45.2 Å². The predicted molar refractivity (Wildman–Crippen MR) is 69.3 cm³/mol. The van der Waals surface area contributed by atoms with E-state index in [9.17, 15) is 4.79 Å². The van der Waals surface area contributed by atoms with E-state index in [1.54, 1.807) is 0 Å². The largest absolute Gasteiger partial charge is 0.480 e. The molecule has 4 nitrogen and oxygen atoms in total. The minimum atomic E-state index is -0.748. The Kier molecular flexibility index (Phi) is 4.31. The molecular weight excluding hydrogens is 228 g/mol. The lowest BCUT2D eigenvalue weighted by Gasteiger charge is -2.27. The molecule has 1 aromatic heterocycles. The summed E-state index contributed by atoms with van der Waals surface area (Å²) in [4.78, 5) is 17.2. The molecule has 0 saturated heterocycles. The summed E-state index contributed by atoms with van der Waals surface area (Å²) < 4.78 is 0. The van der Waals surface area contributed by atoms with Gasteiger partial charge >= 0.3 is 5.97 Å². The molecule has 18 heavy (non-hydrogen) atoms. The average molecular weight is 248 g/mol. The molecule has 0 radical (unpaired) electrons. The van der Waals surface area contributed by atoms with Crippen molar-refractivity contribution in [1.82, 2.24) is 9.88 Å². The van der Waals surface area contributed by atoms with Crippen molar-refractivity contribution in [2.75, 3.05) is 6.54 Å². The van der Waals surface area contributed by atoms with Crippen LogP contribution in [0.4, 0.5) is 0 Å². The van der Waals surface area contributed by atoms with Crippen LogP contribution in [0.25, 0.3) is 0 Å². The van der Waals surface area contributed by atoms with E-state index < -0.39 is 5.97 Å². The predicted octanol–water partition coefficient (Wildman–Crippen LogP) is 2.22. The third kappa shape index (κ3) is 3.53. The standard InChI is InChI=1S/C14H20N2O2/c1-11-6-12(8-15-7-11)9-16(10-14(17)18)13-4-2-3-5-13/h6-8,13H,2-5,9-10H2,1H3,(H,17,18). The lowest BCUT2D eigenvalue weighted by Crippen LogP contribution is -2.37. The molecule has 0 atom stereocenters. The van der Waals surface area contributed by atoms with E-state index in [1.807, 2.05) is 19.3 Å². The first-order valence-corrected chi connectivity index (χ1v) is 6.51. The quantitative estimate of drug-likeness (QED) is 0.868. The highest BCUT2D eigenvalue weighted by atomic mass is 16.4. The van der Waals surface area contributed by atoms with Crippen molar-refractivity contribution in [2.24, 2.45) is 0 Å². The number of carboxylic acid groups (broad SMARTS) is 1. The van der Waals surface area contributed by atoms with Crippen LogP contribution in [0.15, 0.2) is 18.5 Å². The molecule has 1 heterocycles. The third-order valence-corrected chi connectivity index (χ3v) is 3.50. The number of aromatic nitrogens is 1. The molecule has 0 bridgehead atoms. The lowest BCUT2D eigenvalue weighted by molar-refractivity contribution is -0.139. The summed E-state index contributed by atoms with van der Waals surface area (Å²) in [5.74, 6) is -0.748. The van der Waals surface area contributed by atoms with Gasteiger partial charge < -0.3 is 5.11 Å². The highest BCUT2D eigenvalue weighted by Crippen LogP contribution is 2.24. The van der Waals surface area contributed by atoms with E-state index in [2.05, 4.69) is 16.0 Å². The minimum Gasteiger partial charge on any atom is -0.480 e. The van der Waals surface area contributed by atoms with E-state index in [4.69, 9.17) is 5.11 Å². The molecule has 1 fully saturated rings. The van der Waals surface area contributed by atoms with Gasteiger partial charge in [0.25, 0.3) is 0 Å². The van der Waals surface area contributed by atoms with Gasteiger partial charge in [0.1, 0.15) is 0 Å². The third-order valence-electron chi connectivity index (χ3n) is 3.50. The van der Waals surface area contributed by atoms with Gasteiger partial charge in [0.15, 0.2) is 0 Å². The number of pyridine rings is 1. The molecule has 0 aromatic carbocycles. The highest BCUT2D eigenvalue weighted by molar-refractivity contribution is 5.69. The topological polar surface area (TPSA) is 53.4 Å². The number of aliphatic carboxylic acids is 1.